The number of nitrogens with two attached hydrogens (primary N) is 1. The van der Waals surface area contributed by atoms with Gasteiger partial charge in [-0.05, 0) is 41.5 Å². The first-order valence-electron chi connectivity index (χ1n) is 5.04. The van der Waals surface area contributed by atoms with Crippen molar-refractivity contribution in [2.24, 2.45) is 5.73 Å². The Balaban J connectivity index is 2.39. The zero-order chi connectivity index (χ0) is 12.4. The lowest BCUT2D eigenvalue weighted by molar-refractivity contribution is 0.865. The normalized spacial score (nSPS) is 12.5. The molecule has 1 atom stereocenters. The standard InChI is InChI=1S/C13H10Br2ClN/c14-9-3-1-8(2-4-9)13(17)11-7-10(16)5-6-12(11)15/h1-7,13H,17H2. The van der Waals surface area contributed by atoms with E-state index in [0.29, 0.717) is 5.02 Å². The topological polar surface area (TPSA) is 26.0 Å². The summed E-state index contributed by atoms with van der Waals surface area (Å²) in [6.45, 7) is 0. The summed E-state index contributed by atoms with van der Waals surface area (Å²) in [6, 6.07) is 13.4. The van der Waals surface area contributed by atoms with E-state index >= 15 is 0 Å². The summed E-state index contributed by atoms with van der Waals surface area (Å²) in [4.78, 5) is 0. The van der Waals surface area contributed by atoms with Crippen LogP contribution in [0.5, 0.6) is 0 Å². The van der Waals surface area contributed by atoms with Gasteiger partial charge in [0, 0.05) is 14.0 Å². The van der Waals surface area contributed by atoms with E-state index in [4.69, 9.17) is 17.3 Å². The van der Waals surface area contributed by atoms with Gasteiger partial charge in [0.2, 0.25) is 0 Å². The summed E-state index contributed by atoms with van der Waals surface area (Å²) < 4.78 is 2.01. The molecule has 17 heavy (non-hydrogen) atoms. The summed E-state index contributed by atoms with van der Waals surface area (Å²) >= 11 is 12.9. The fourth-order valence-electron chi connectivity index (χ4n) is 1.60. The Labute approximate surface area is 122 Å². The van der Waals surface area contributed by atoms with Crippen LogP contribution in [-0.4, -0.2) is 0 Å². The summed E-state index contributed by atoms with van der Waals surface area (Å²) in [5.41, 5.74) is 8.27. The molecule has 0 aliphatic heterocycles. The number of benzene rings is 2. The zero-order valence-corrected chi connectivity index (χ0v) is 12.8. The number of rotatable bonds is 2. The van der Waals surface area contributed by atoms with Gasteiger partial charge < -0.3 is 5.73 Å². The van der Waals surface area contributed by atoms with Gasteiger partial charge >= 0.3 is 0 Å². The Kier molecular flexibility index (Phi) is 4.26. The highest BCUT2D eigenvalue weighted by molar-refractivity contribution is 9.10. The molecule has 0 aliphatic carbocycles. The molecule has 1 nitrogen and oxygen atoms in total. The second kappa shape index (κ2) is 5.53. The summed E-state index contributed by atoms with van der Waals surface area (Å²) in [5, 5.41) is 0.691. The van der Waals surface area contributed by atoms with E-state index in [-0.39, 0.29) is 6.04 Å². The monoisotopic (exact) mass is 373 g/mol. The van der Waals surface area contributed by atoms with E-state index in [2.05, 4.69) is 31.9 Å². The highest BCUT2D eigenvalue weighted by Gasteiger charge is 2.12. The molecule has 0 radical (unpaired) electrons. The Bertz CT molecular complexity index is 525. The van der Waals surface area contributed by atoms with E-state index in [1.54, 1.807) is 0 Å². The molecule has 2 aromatic carbocycles. The van der Waals surface area contributed by atoms with Crippen molar-refractivity contribution in [1.82, 2.24) is 0 Å². The molecule has 2 rings (SSSR count). The summed E-state index contributed by atoms with van der Waals surface area (Å²) in [5.74, 6) is 0. The molecule has 0 amide bonds. The van der Waals surface area contributed by atoms with Crippen LogP contribution in [0.3, 0.4) is 0 Å². The lowest BCUT2D eigenvalue weighted by Gasteiger charge is -2.14. The Hall–Kier alpha value is -0.350. The smallest absolute Gasteiger partial charge is 0.0563 e. The van der Waals surface area contributed by atoms with E-state index in [1.807, 2.05) is 42.5 Å². The maximum Gasteiger partial charge on any atom is 0.0563 e. The minimum Gasteiger partial charge on any atom is -0.320 e. The highest BCUT2D eigenvalue weighted by atomic mass is 79.9. The van der Waals surface area contributed by atoms with Gasteiger partial charge in [-0.3, -0.25) is 0 Å². The molecule has 0 spiro atoms. The molecule has 0 aromatic heterocycles. The van der Waals surface area contributed by atoms with Gasteiger partial charge in [0.1, 0.15) is 0 Å². The maximum atomic E-state index is 6.23. The lowest BCUT2D eigenvalue weighted by Crippen LogP contribution is -2.12. The van der Waals surface area contributed by atoms with Crippen molar-refractivity contribution >= 4 is 43.5 Å². The van der Waals surface area contributed by atoms with Crippen LogP contribution in [0.4, 0.5) is 0 Å². The quantitative estimate of drug-likeness (QED) is 0.793. The SMILES string of the molecule is NC(c1ccc(Br)cc1)c1cc(Cl)ccc1Br. The van der Waals surface area contributed by atoms with Crippen molar-refractivity contribution in [2.45, 2.75) is 6.04 Å². The van der Waals surface area contributed by atoms with Crippen LogP contribution in [0, 0.1) is 0 Å². The average Bonchev–Trinajstić information content (AvgIpc) is 2.32. The van der Waals surface area contributed by atoms with Crippen LogP contribution in [0.1, 0.15) is 17.2 Å². The molecule has 4 heteroatoms. The number of halogens is 3. The van der Waals surface area contributed by atoms with Crippen LogP contribution in [0.15, 0.2) is 51.4 Å². The maximum absolute atomic E-state index is 6.23. The van der Waals surface area contributed by atoms with E-state index in [1.165, 1.54) is 0 Å². The minimum atomic E-state index is -0.184. The van der Waals surface area contributed by atoms with Gasteiger partial charge in [0.15, 0.2) is 0 Å². The molecule has 0 bridgehead atoms. The molecule has 0 saturated carbocycles. The molecule has 1 unspecified atom stereocenters. The molecule has 2 N–H and O–H groups in total. The van der Waals surface area contributed by atoms with Crippen molar-refractivity contribution in [3.8, 4) is 0 Å². The number of hydrogen-bond donors (Lipinski definition) is 1. The molecule has 0 aliphatic rings. The van der Waals surface area contributed by atoms with Crippen molar-refractivity contribution in [3.05, 3.63) is 67.6 Å². The van der Waals surface area contributed by atoms with Crippen LogP contribution in [0.25, 0.3) is 0 Å². The highest BCUT2D eigenvalue weighted by Crippen LogP contribution is 2.29. The first kappa shape index (κ1) is 13.1. The van der Waals surface area contributed by atoms with Gasteiger partial charge in [-0.1, -0.05) is 55.6 Å². The third kappa shape index (κ3) is 3.10. The van der Waals surface area contributed by atoms with Crippen molar-refractivity contribution in [1.29, 1.82) is 0 Å². The zero-order valence-electron chi connectivity index (χ0n) is 8.83. The van der Waals surface area contributed by atoms with E-state index < -0.39 is 0 Å². The largest absolute Gasteiger partial charge is 0.320 e. The number of hydrogen-bond acceptors (Lipinski definition) is 1. The fourth-order valence-corrected chi connectivity index (χ4v) is 2.54. The van der Waals surface area contributed by atoms with Crippen molar-refractivity contribution in [2.75, 3.05) is 0 Å². The fraction of sp³-hybridized carbons (Fsp3) is 0.0769. The van der Waals surface area contributed by atoms with Gasteiger partial charge in [-0.25, -0.2) is 0 Å². The third-order valence-corrected chi connectivity index (χ3v) is 4.01. The Morgan fingerprint density at radius 2 is 1.65 bits per heavy atom. The lowest BCUT2D eigenvalue weighted by atomic mass is 10.00. The van der Waals surface area contributed by atoms with Crippen molar-refractivity contribution in [3.63, 3.8) is 0 Å². The first-order chi connectivity index (χ1) is 8.08. The molecule has 0 fully saturated rings. The van der Waals surface area contributed by atoms with Crippen LogP contribution < -0.4 is 5.73 Å². The summed E-state index contributed by atoms with van der Waals surface area (Å²) in [7, 11) is 0. The molecular weight excluding hydrogens is 365 g/mol. The Morgan fingerprint density at radius 1 is 1.00 bits per heavy atom. The molecule has 0 heterocycles. The van der Waals surface area contributed by atoms with E-state index in [0.717, 1.165) is 20.1 Å². The average molecular weight is 375 g/mol. The van der Waals surface area contributed by atoms with Crippen LogP contribution >= 0.6 is 43.5 Å². The Morgan fingerprint density at radius 3 is 2.29 bits per heavy atom. The van der Waals surface area contributed by atoms with E-state index in [9.17, 15) is 0 Å². The molecule has 0 saturated heterocycles. The first-order valence-corrected chi connectivity index (χ1v) is 7.00. The van der Waals surface area contributed by atoms with Crippen LogP contribution in [-0.2, 0) is 0 Å². The minimum absolute atomic E-state index is 0.184. The predicted molar refractivity (Wildman–Crippen MR) is 79.3 cm³/mol. The summed E-state index contributed by atoms with van der Waals surface area (Å²) in [6.07, 6.45) is 0. The van der Waals surface area contributed by atoms with Gasteiger partial charge in [0.05, 0.1) is 6.04 Å². The van der Waals surface area contributed by atoms with Gasteiger partial charge in [0.25, 0.3) is 0 Å². The van der Waals surface area contributed by atoms with Gasteiger partial charge in [-0.15, -0.1) is 0 Å². The molecular formula is C13H10Br2ClN. The van der Waals surface area contributed by atoms with Crippen LogP contribution in [0.2, 0.25) is 5.02 Å². The second-order valence-corrected chi connectivity index (χ2v) is 5.90. The van der Waals surface area contributed by atoms with Crippen molar-refractivity contribution < 1.29 is 0 Å². The molecule has 2 aromatic rings. The predicted octanol–water partition coefficient (Wildman–Crippen LogP) is 4.91. The molecule has 88 valence electrons. The third-order valence-electron chi connectivity index (χ3n) is 2.52. The van der Waals surface area contributed by atoms with Gasteiger partial charge in [-0.2, -0.15) is 0 Å². The second-order valence-electron chi connectivity index (χ2n) is 3.70.